The number of halogens is 1. The van der Waals surface area contributed by atoms with E-state index in [9.17, 15) is 9.18 Å². The van der Waals surface area contributed by atoms with Gasteiger partial charge in [-0.25, -0.2) is 4.39 Å². The third kappa shape index (κ3) is 4.51. The summed E-state index contributed by atoms with van der Waals surface area (Å²) in [5, 5.41) is 15.3. The second-order valence-electron chi connectivity index (χ2n) is 6.22. The molecule has 0 saturated carbocycles. The van der Waals surface area contributed by atoms with Gasteiger partial charge in [0.15, 0.2) is 0 Å². The van der Waals surface area contributed by atoms with Gasteiger partial charge < -0.3 is 5.32 Å². The lowest BCUT2D eigenvalue weighted by atomic mass is 10.1. The highest BCUT2D eigenvalue weighted by molar-refractivity contribution is 7.99. The Labute approximate surface area is 161 Å². The summed E-state index contributed by atoms with van der Waals surface area (Å²) < 4.78 is 14.7. The van der Waals surface area contributed by atoms with Gasteiger partial charge in [0, 0.05) is 0 Å². The monoisotopic (exact) mass is 385 g/mol. The van der Waals surface area contributed by atoms with Crippen LogP contribution in [-0.4, -0.2) is 31.9 Å². The van der Waals surface area contributed by atoms with Crippen molar-refractivity contribution >= 4 is 17.7 Å². The Morgan fingerprint density at radius 3 is 2.70 bits per heavy atom. The van der Waals surface area contributed by atoms with Crippen molar-refractivity contribution in [2.45, 2.75) is 32.0 Å². The average molecular weight is 385 g/mol. The van der Waals surface area contributed by atoms with Crippen LogP contribution < -0.4 is 5.32 Å². The predicted octanol–water partition coefficient (Wildman–Crippen LogP) is 3.39. The first-order chi connectivity index (χ1) is 13.0. The molecule has 1 heterocycles. The Balaban J connectivity index is 1.64. The van der Waals surface area contributed by atoms with Crippen LogP contribution in [0.2, 0.25) is 0 Å². The molecule has 2 aromatic carbocycles. The van der Waals surface area contributed by atoms with E-state index >= 15 is 0 Å². The summed E-state index contributed by atoms with van der Waals surface area (Å²) in [7, 11) is 0. The van der Waals surface area contributed by atoms with E-state index in [0.717, 1.165) is 22.4 Å². The number of carbonyl (C=O) groups is 1. The van der Waals surface area contributed by atoms with Crippen LogP contribution in [0.4, 0.5) is 4.39 Å². The molecule has 0 bridgehead atoms. The van der Waals surface area contributed by atoms with Crippen molar-refractivity contribution in [1.82, 2.24) is 25.5 Å². The van der Waals surface area contributed by atoms with Crippen molar-refractivity contribution in [3.63, 3.8) is 0 Å². The van der Waals surface area contributed by atoms with E-state index < -0.39 is 0 Å². The first kappa shape index (κ1) is 19.0. The first-order valence-electron chi connectivity index (χ1n) is 8.48. The molecule has 0 radical (unpaired) electrons. The highest BCUT2D eigenvalue weighted by Gasteiger charge is 2.15. The fraction of sp³-hybridized carbons (Fsp3) is 0.263. The molecule has 27 heavy (non-hydrogen) atoms. The van der Waals surface area contributed by atoms with Gasteiger partial charge in [-0.15, -0.1) is 5.10 Å². The number of nitrogens with one attached hydrogen (secondary N) is 1. The van der Waals surface area contributed by atoms with Crippen LogP contribution in [-0.2, 0) is 4.79 Å². The summed E-state index contributed by atoms with van der Waals surface area (Å²) >= 11 is 1.27. The second-order valence-corrected chi connectivity index (χ2v) is 7.16. The summed E-state index contributed by atoms with van der Waals surface area (Å²) in [6.45, 7) is 5.90. The van der Waals surface area contributed by atoms with Gasteiger partial charge in [-0.3, -0.25) is 4.79 Å². The molecular weight excluding hydrogens is 365 g/mol. The van der Waals surface area contributed by atoms with E-state index in [1.165, 1.54) is 23.9 Å². The molecule has 0 spiro atoms. The maximum atomic E-state index is 13.0. The molecule has 0 aliphatic carbocycles. The van der Waals surface area contributed by atoms with Crippen LogP contribution in [0.1, 0.15) is 29.7 Å². The van der Waals surface area contributed by atoms with E-state index in [1.807, 2.05) is 39.0 Å². The smallest absolute Gasteiger partial charge is 0.230 e. The van der Waals surface area contributed by atoms with Gasteiger partial charge in [-0.05, 0) is 66.1 Å². The third-order valence-electron chi connectivity index (χ3n) is 4.32. The minimum atomic E-state index is -0.300. The number of carbonyl (C=O) groups excluding carboxylic acids is 1. The van der Waals surface area contributed by atoms with Crippen LogP contribution >= 0.6 is 11.8 Å². The van der Waals surface area contributed by atoms with Crippen LogP contribution in [0, 0.1) is 19.7 Å². The normalized spacial score (nSPS) is 12.0. The topological polar surface area (TPSA) is 72.7 Å². The minimum Gasteiger partial charge on any atom is -0.349 e. The number of hydrogen-bond acceptors (Lipinski definition) is 5. The molecule has 6 nitrogen and oxygen atoms in total. The molecule has 0 aliphatic heterocycles. The molecule has 0 fully saturated rings. The molecule has 140 valence electrons. The summed E-state index contributed by atoms with van der Waals surface area (Å²) in [5.74, 6) is -0.269. The van der Waals surface area contributed by atoms with Crippen molar-refractivity contribution in [3.8, 4) is 5.69 Å². The summed E-state index contributed by atoms with van der Waals surface area (Å²) in [6.07, 6.45) is 0. The number of benzene rings is 2. The van der Waals surface area contributed by atoms with Crippen molar-refractivity contribution < 1.29 is 9.18 Å². The van der Waals surface area contributed by atoms with E-state index in [2.05, 4.69) is 20.8 Å². The van der Waals surface area contributed by atoms with Gasteiger partial charge >= 0.3 is 0 Å². The Bertz CT molecular complexity index is 942. The largest absolute Gasteiger partial charge is 0.349 e. The van der Waals surface area contributed by atoms with Gasteiger partial charge in [-0.2, -0.15) is 4.68 Å². The van der Waals surface area contributed by atoms with E-state index in [4.69, 9.17) is 0 Å². The van der Waals surface area contributed by atoms with Gasteiger partial charge in [0.1, 0.15) is 5.82 Å². The highest BCUT2D eigenvalue weighted by Crippen LogP contribution is 2.22. The van der Waals surface area contributed by atoms with E-state index in [0.29, 0.717) is 5.16 Å². The summed E-state index contributed by atoms with van der Waals surface area (Å²) in [6, 6.07) is 11.8. The lowest BCUT2D eigenvalue weighted by molar-refractivity contribution is -0.119. The molecule has 8 heteroatoms. The van der Waals surface area contributed by atoms with Crippen LogP contribution in [0.3, 0.4) is 0 Å². The van der Waals surface area contributed by atoms with Crippen LogP contribution in [0.15, 0.2) is 47.6 Å². The van der Waals surface area contributed by atoms with Crippen molar-refractivity contribution in [1.29, 1.82) is 0 Å². The Morgan fingerprint density at radius 2 is 1.96 bits per heavy atom. The van der Waals surface area contributed by atoms with E-state index in [-0.39, 0.29) is 23.5 Å². The lowest BCUT2D eigenvalue weighted by Gasteiger charge is -2.14. The van der Waals surface area contributed by atoms with E-state index in [1.54, 1.807) is 16.8 Å². The summed E-state index contributed by atoms with van der Waals surface area (Å²) in [4.78, 5) is 12.3. The molecule has 1 atom stereocenters. The van der Waals surface area contributed by atoms with Crippen molar-refractivity contribution in [2.24, 2.45) is 0 Å². The zero-order valence-electron chi connectivity index (χ0n) is 15.3. The maximum Gasteiger partial charge on any atom is 0.230 e. The molecule has 1 unspecified atom stereocenters. The van der Waals surface area contributed by atoms with Gasteiger partial charge in [0.05, 0.1) is 17.5 Å². The molecule has 1 amide bonds. The zero-order valence-corrected chi connectivity index (χ0v) is 16.1. The number of thioether (sulfide) groups is 1. The number of tetrazole rings is 1. The van der Waals surface area contributed by atoms with Gasteiger partial charge in [-0.1, -0.05) is 36.0 Å². The number of hydrogen-bond donors (Lipinski definition) is 1. The third-order valence-corrected chi connectivity index (χ3v) is 5.24. The van der Waals surface area contributed by atoms with Crippen LogP contribution in [0.25, 0.3) is 5.69 Å². The van der Waals surface area contributed by atoms with Gasteiger partial charge in [0.25, 0.3) is 0 Å². The van der Waals surface area contributed by atoms with Gasteiger partial charge in [0.2, 0.25) is 11.1 Å². The fourth-order valence-corrected chi connectivity index (χ4v) is 3.33. The molecule has 0 aliphatic rings. The Kier molecular flexibility index (Phi) is 5.85. The number of nitrogens with zero attached hydrogens (tertiary/aromatic N) is 4. The number of aromatic nitrogens is 4. The Hall–Kier alpha value is -2.74. The molecule has 1 N–H and O–H groups in total. The SMILES string of the molecule is Cc1cccc(-n2nnnc2SCC(=O)NC(C)c2ccc(F)cc2)c1C. The average Bonchev–Trinajstić information content (AvgIpc) is 3.11. The molecule has 3 aromatic rings. The predicted molar refractivity (Wildman–Crippen MR) is 102 cm³/mol. The first-order valence-corrected chi connectivity index (χ1v) is 9.47. The van der Waals surface area contributed by atoms with Crippen LogP contribution in [0.5, 0.6) is 0 Å². The van der Waals surface area contributed by atoms with Crippen molar-refractivity contribution in [3.05, 3.63) is 65.0 Å². The second kappa shape index (κ2) is 8.30. The minimum absolute atomic E-state index is 0.146. The standard InChI is InChI=1S/C19H20FN5OS/c1-12-5-4-6-17(13(12)2)25-19(22-23-24-25)27-11-18(26)21-14(3)15-7-9-16(20)10-8-15/h4-10,14H,11H2,1-3H3,(H,21,26). The molecule has 1 aromatic heterocycles. The number of amides is 1. The molecule has 0 saturated heterocycles. The zero-order chi connectivity index (χ0) is 19.4. The lowest BCUT2D eigenvalue weighted by Crippen LogP contribution is -2.28. The fourth-order valence-electron chi connectivity index (χ4n) is 2.63. The Morgan fingerprint density at radius 1 is 1.22 bits per heavy atom. The summed E-state index contributed by atoms with van der Waals surface area (Å²) in [5.41, 5.74) is 3.96. The molecular formula is C19H20FN5OS. The highest BCUT2D eigenvalue weighted by atomic mass is 32.2. The maximum absolute atomic E-state index is 13.0. The number of aryl methyl sites for hydroxylation is 1. The molecule has 3 rings (SSSR count). The quantitative estimate of drug-likeness (QED) is 0.659. The van der Waals surface area contributed by atoms with Crippen molar-refractivity contribution in [2.75, 3.05) is 5.75 Å². The number of rotatable bonds is 6.